The fourth-order valence-corrected chi connectivity index (χ4v) is 0.788. The van der Waals surface area contributed by atoms with Gasteiger partial charge in [-0.15, -0.1) is 0 Å². The maximum atomic E-state index is 10.7. The van der Waals surface area contributed by atoms with E-state index in [9.17, 15) is 4.79 Å². The highest BCUT2D eigenvalue weighted by molar-refractivity contribution is 5.90. The third kappa shape index (κ3) is 5.50. The zero-order valence-electron chi connectivity index (χ0n) is 8.66. The molecule has 0 aromatic carbocycles. The fourth-order valence-electron chi connectivity index (χ4n) is 0.788. The SMILES string of the molecule is C=CC(=CC(C#CCCO)=CC)C(=O)O. The van der Waals surface area contributed by atoms with E-state index in [0.29, 0.717) is 12.0 Å². The Morgan fingerprint density at radius 3 is 2.60 bits per heavy atom. The van der Waals surface area contributed by atoms with Crippen molar-refractivity contribution >= 4 is 5.97 Å². The molecule has 0 bridgehead atoms. The van der Waals surface area contributed by atoms with Crippen LogP contribution in [0.25, 0.3) is 0 Å². The summed E-state index contributed by atoms with van der Waals surface area (Å²) in [5, 5.41) is 17.3. The molecule has 0 spiro atoms. The van der Waals surface area contributed by atoms with Crippen LogP contribution in [0.5, 0.6) is 0 Å². The highest BCUT2D eigenvalue weighted by Crippen LogP contribution is 2.03. The van der Waals surface area contributed by atoms with E-state index in [1.54, 1.807) is 13.0 Å². The first kappa shape index (κ1) is 13.2. The number of aliphatic hydroxyl groups excluding tert-OH is 1. The largest absolute Gasteiger partial charge is 0.478 e. The van der Waals surface area contributed by atoms with Crippen molar-refractivity contribution in [2.75, 3.05) is 6.61 Å². The topological polar surface area (TPSA) is 57.5 Å². The lowest BCUT2D eigenvalue weighted by Gasteiger charge is -1.93. The second-order valence-corrected chi connectivity index (χ2v) is 2.63. The first-order valence-corrected chi connectivity index (χ1v) is 4.49. The third-order valence-electron chi connectivity index (χ3n) is 1.56. The van der Waals surface area contributed by atoms with Gasteiger partial charge in [-0.2, -0.15) is 0 Å². The number of rotatable bonds is 4. The molecule has 2 N–H and O–H groups in total. The van der Waals surface area contributed by atoms with Crippen molar-refractivity contribution in [3.63, 3.8) is 0 Å². The number of aliphatic hydroxyl groups is 1. The van der Waals surface area contributed by atoms with Gasteiger partial charge in [-0.25, -0.2) is 4.79 Å². The molecular formula is C12H14O3. The lowest BCUT2D eigenvalue weighted by atomic mass is 10.1. The van der Waals surface area contributed by atoms with Gasteiger partial charge in [0.1, 0.15) is 0 Å². The second-order valence-electron chi connectivity index (χ2n) is 2.63. The van der Waals surface area contributed by atoms with Gasteiger partial charge in [0, 0.05) is 12.0 Å². The van der Waals surface area contributed by atoms with Crippen LogP contribution in [0.4, 0.5) is 0 Å². The second kappa shape index (κ2) is 7.60. The Labute approximate surface area is 89.4 Å². The predicted molar refractivity (Wildman–Crippen MR) is 59.2 cm³/mol. The van der Waals surface area contributed by atoms with Crippen LogP contribution in [0.15, 0.2) is 36.0 Å². The quantitative estimate of drug-likeness (QED) is 0.416. The molecule has 0 radical (unpaired) electrons. The smallest absolute Gasteiger partial charge is 0.335 e. The minimum Gasteiger partial charge on any atom is -0.478 e. The monoisotopic (exact) mass is 206 g/mol. The van der Waals surface area contributed by atoms with Crippen LogP contribution >= 0.6 is 0 Å². The van der Waals surface area contributed by atoms with Crippen molar-refractivity contribution in [1.29, 1.82) is 0 Å². The van der Waals surface area contributed by atoms with Gasteiger partial charge < -0.3 is 10.2 Å². The van der Waals surface area contributed by atoms with E-state index >= 15 is 0 Å². The molecule has 0 atom stereocenters. The number of carbonyl (C=O) groups is 1. The molecule has 3 nitrogen and oxygen atoms in total. The maximum Gasteiger partial charge on any atom is 0.335 e. The Hall–Kier alpha value is -1.79. The molecule has 3 heteroatoms. The lowest BCUT2D eigenvalue weighted by molar-refractivity contribution is -0.132. The number of hydrogen-bond acceptors (Lipinski definition) is 2. The Bertz CT molecular complexity index is 351. The first-order valence-electron chi connectivity index (χ1n) is 4.49. The highest BCUT2D eigenvalue weighted by atomic mass is 16.4. The van der Waals surface area contributed by atoms with E-state index in [1.165, 1.54) is 12.2 Å². The molecule has 15 heavy (non-hydrogen) atoms. The molecule has 0 unspecified atom stereocenters. The average molecular weight is 206 g/mol. The molecule has 0 fully saturated rings. The van der Waals surface area contributed by atoms with Gasteiger partial charge >= 0.3 is 5.97 Å². The summed E-state index contributed by atoms with van der Waals surface area (Å²) in [6.07, 6.45) is 4.79. The minimum atomic E-state index is -1.03. The first-order chi connectivity index (χ1) is 7.15. The summed E-state index contributed by atoms with van der Waals surface area (Å²) < 4.78 is 0. The minimum absolute atomic E-state index is 0.000947. The number of carboxylic acid groups (broad SMARTS) is 1. The van der Waals surface area contributed by atoms with E-state index in [1.807, 2.05) is 0 Å². The van der Waals surface area contributed by atoms with Gasteiger partial charge in [-0.1, -0.05) is 30.6 Å². The lowest BCUT2D eigenvalue weighted by Crippen LogP contribution is -1.97. The molecule has 0 aromatic heterocycles. The standard InChI is InChI=1S/C12H14O3/c1-3-10(7-5-6-8-13)9-11(4-2)12(14)15/h3-4,9,13H,2,6,8H2,1H3,(H,14,15). The van der Waals surface area contributed by atoms with E-state index in [-0.39, 0.29) is 12.2 Å². The van der Waals surface area contributed by atoms with Gasteiger partial charge in [0.2, 0.25) is 0 Å². The van der Waals surface area contributed by atoms with Gasteiger partial charge in [-0.05, 0) is 13.0 Å². The summed E-state index contributed by atoms with van der Waals surface area (Å²) >= 11 is 0. The number of hydrogen-bond donors (Lipinski definition) is 2. The summed E-state index contributed by atoms with van der Waals surface area (Å²) in [6.45, 7) is 5.17. The zero-order chi connectivity index (χ0) is 11.7. The van der Waals surface area contributed by atoms with Gasteiger partial charge in [0.05, 0.1) is 12.2 Å². The number of carboxylic acids is 1. The molecule has 80 valence electrons. The molecule has 0 aliphatic carbocycles. The van der Waals surface area contributed by atoms with Gasteiger partial charge in [0.15, 0.2) is 0 Å². The summed E-state index contributed by atoms with van der Waals surface area (Å²) in [5.41, 5.74) is 0.696. The summed E-state index contributed by atoms with van der Waals surface area (Å²) in [6, 6.07) is 0. The third-order valence-corrected chi connectivity index (χ3v) is 1.56. The predicted octanol–water partition coefficient (Wildman–Crippen LogP) is 1.52. The average Bonchev–Trinajstić information content (AvgIpc) is 2.22. The van der Waals surface area contributed by atoms with Gasteiger partial charge in [-0.3, -0.25) is 0 Å². The molecule has 0 aromatic rings. The number of allylic oxidation sites excluding steroid dienone is 3. The molecule has 0 rings (SSSR count). The molecule has 0 saturated carbocycles. The summed E-state index contributed by atoms with van der Waals surface area (Å²) in [7, 11) is 0. The van der Waals surface area contributed by atoms with Crippen molar-refractivity contribution < 1.29 is 15.0 Å². The van der Waals surface area contributed by atoms with E-state index < -0.39 is 5.97 Å². The Morgan fingerprint density at radius 2 is 2.20 bits per heavy atom. The summed E-state index contributed by atoms with van der Waals surface area (Å²) in [5.74, 6) is 4.43. The molecule has 0 heterocycles. The van der Waals surface area contributed by atoms with E-state index in [4.69, 9.17) is 10.2 Å². The van der Waals surface area contributed by atoms with Crippen LogP contribution < -0.4 is 0 Å². The van der Waals surface area contributed by atoms with Gasteiger partial charge in [0.25, 0.3) is 0 Å². The molecule has 0 aliphatic heterocycles. The fraction of sp³-hybridized carbons (Fsp3) is 0.250. The molecular weight excluding hydrogens is 192 g/mol. The van der Waals surface area contributed by atoms with Crippen molar-refractivity contribution in [2.24, 2.45) is 0 Å². The van der Waals surface area contributed by atoms with E-state index in [2.05, 4.69) is 18.4 Å². The van der Waals surface area contributed by atoms with Crippen LogP contribution in [0, 0.1) is 11.8 Å². The molecule has 0 amide bonds. The van der Waals surface area contributed by atoms with Crippen molar-refractivity contribution in [3.8, 4) is 11.8 Å². The van der Waals surface area contributed by atoms with Crippen LogP contribution in [-0.4, -0.2) is 22.8 Å². The Kier molecular flexibility index (Phi) is 6.69. The van der Waals surface area contributed by atoms with Crippen LogP contribution in [0.2, 0.25) is 0 Å². The summed E-state index contributed by atoms with van der Waals surface area (Å²) in [4.78, 5) is 10.7. The van der Waals surface area contributed by atoms with Crippen LogP contribution in [0.3, 0.4) is 0 Å². The van der Waals surface area contributed by atoms with Crippen LogP contribution in [0.1, 0.15) is 13.3 Å². The highest BCUT2D eigenvalue weighted by Gasteiger charge is 2.01. The zero-order valence-corrected chi connectivity index (χ0v) is 8.66. The van der Waals surface area contributed by atoms with Crippen molar-refractivity contribution in [1.82, 2.24) is 0 Å². The molecule has 0 saturated heterocycles. The van der Waals surface area contributed by atoms with E-state index in [0.717, 1.165) is 0 Å². The molecule has 0 aliphatic rings. The van der Waals surface area contributed by atoms with Crippen molar-refractivity contribution in [2.45, 2.75) is 13.3 Å². The maximum absolute atomic E-state index is 10.7. The van der Waals surface area contributed by atoms with Crippen molar-refractivity contribution in [3.05, 3.63) is 36.0 Å². The van der Waals surface area contributed by atoms with Crippen LogP contribution in [-0.2, 0) is 4.79 Å². The number of aliphatic carboxylic acids is 1. The Morgan fingerprint density at radius 1 is 1.53 bits per heavy atom. The Balaban J connectivity index is 4.81. The normalized spacial score (nSPS) is 11.6.